The maximum atomic E-state index is 2.86. The Hall–Kier alpha value is -14.2. The van der Waals surface area contributed by atoms with Crippen LogP contribution in [0.25, 0.3) is 167 Å². The summed E-state index contributed by atoms with van der Waals surface area (Å²) in [7, 11) is 0. The van der Waals surface area contributed by atoms with Crippen molar-refractivity contribution in [2.24, 2.45) is 0 Å². The summed E-state index contributed by atoms with van der Waals surface area (Å²) < 4.78 is 0. The SMILES string of the molecule is Cc1cc2c(c(-c3c(-c4ccccc4-c4ccccc4-c4ccccc4)ccc4c3-c3c(c(N(c5ccccc5-c5ccccc5-c5ccccc5)c5c(C)c(C)cc6c5Cc5ccccc5-6)c(-c5ccccc5)c(-c5ccccc5)c3-c3c5c(cc(-c6ccccc6)c3-c3ccccc3)-c3ccccc3C5)C4)c1C)Cc1ccccc1-2. The molecule has 0 unspecified atom stereocenters. The summed E-state index contributed by atoms with van der Waals surface area (Å²) in [6.07, 6.45) is 2.94. The van der Waals surface area contributed by atoms with E-state index >= 15 is 0 Å². The van der Waals surface area contributed by atoms with E-state index in [1.54, 1.807) is 0 Å². The lowest BCUT2D eigenvalue weighted by Gasteiger charge is -2.37. The Morgan fingerprint density at radius 1 is 0.171 bits per heavy atom. The van der Waals surface area contributed by atoms with Crippen molar-refractivity contribution in [2.45, 2.75) is 53.4 Å². The molecule has 22 rings (SSSR count). The van der Waals surface area contributed by atoms with E-state index in [4.69, 9.17) is 0 Å². The predicted octanol–water partition coefficient (Wildman–Crippen LogP) is 31.0. The summed E-state index contributed by atoms with van der Waals surface area (Å²) in [6, 6.07) is 146. The maximum absolute atomic E-state index is 2.86. The van der Waals surface area contributed by atoms with Gasteiger partial charge in [-0.3, -0.25) is 0 Å². The molecular weight excluding hydrogens is 1410 g/mol. The highest BCUT2D eigenvalue weighted by Gasteiger charge is 2.43. The highest BCUT2D eigenvalue weighted by Crippen LogP contribution is 2.66. The molecule has 0 saturated heterocycles. The van der Waals surface area contributed by atoms with Crippen LogP contribution in [0.1, 0.15) is 66.8 Å². The minimum atomic E-state index is 0.620. The van der Waals surface area contributed by atoms with Crippen LogP contribution in [0.4, 0.5) is 17.1 Å². The van der Waals surface area contributed by atoms with E-state index in [0.29, 0.717) is 6.42 Å². The van der Waals surface area contributed by atoms with E-state index in [9.17, 15) is 0 Å². The Morgan fingerprint density at radius 2 is 0.513 bits per heavy atom. The molecule has 0 amide bonds. The molecule has 4 aliphatic rings. The van der Waals surface area contributed by atoms with Gasteiger partial charge in [-0.1, -0.05) is 370 Å². The summed E-state index contributed by atoms with van der Waals surface area (Å²) in [5.41, 5.74) is 55.9. The second kappa shape index (κ2) is 28.4. The van der Waals surface area contributed by atoms with E-state index < -0.39 is 0 Å². The molecule has 0 saturated carbocycles. The number of fused-ring (bicyclic) bond motifs is 12. The third-order valence-corrected chi connectivity index (χ3v) is 26.0. The van der Waals surface area contributed by atoms with Gasteiger partial charge in [-0.05, 0) is 270 Å². The number of nitrogens with zero attached hydrogens (tertiary/aromatic N) is 1. The predicted molar refractivity (Wildman–Crippen MR) is 493 cm³/mol. The van der Waals surface area contributed by atoms with Crippen LogP contribution in [0.15, 0.2) is 382 Å². The number of aryl methyl sites for hydroxylation is 2. The lowest BCUT2D eigenvalue weighted by molar-refractivity contribution is 1.14. The van der Waals surface area contributed by atoms with Crippen molar-refractivity contribution < 1.29 is 0 Å². The summed E-state index contributed by atoms with van der Waals surface area (Å²) in [6.45, 7) is 9.60. The fraction of sp³-hybridized carbons (Fsp3) is 0.0690. The first-order valence-electron chi connectivity index (χ1n) is 41.4. The molecule has 552 valence electrons. The molecule has 0 aliphatic heterocycles. The standard InChI is InChI=1S/C116H83N/c1-72-65-98-88-54-26-23-49-82(88)67-101(98)106(74(72)3)111-96(94-60-34-33-59-93(94)91-57-31-29-52-86(91)76-37-11-5-12-38-76)64-63-85-70-104-113(109(85)111)114(112-102-68-83-50-24-28-56-90(83)100(102)71-97(78-41-15-7-16-42-78)107(112)79-43-17-8-18-44-79)108(80-45-19-9-20-46-80)110(81-47-21-10-22-48-81)116(104)117(115-75(4)73(2)66-99-89-55-27-25-51-84(89)69-103(99)115)105-62-36-35-61-95(105)92-58-32-30-53-87(92)77-39-13-6-14-40-77/h5-66,71H,67-70H2,1-4H3. The average Bonchev–Trinajstić information content (AvgIpc) is 1.57. The zero-order valence-corrected chi connectivity index (χ0v) is 66.1. The monoisotopic (exact) mass is 1490 g/mol. The smallest absolute Gasteiger partial charge is 0.0588 e. The first-order chi connectivity index (χ1) is 57.8. The zero-order valence-electron chi connectivity index (χ0n) is 66.1. The number of rotatable bonds is 14. The normalized spacial score (nSPS) is 12.3. The number of hydrogen-bond donors (Lipinski definition) is 0. The van der Waals surface area contributed by atoms with Gasteiger partial charge in [-0.15, -0.1) is 0 Å². The molecule has 18 aromatic rings. The van der Waals surface area contributed by atoms with Crippen LogP contribution in [0.2, 0.25) is 0 Å². The van der Waals surface area contributed by atoms with Gasteiger partial charge in [0.2, 0.25) is 0 Å². The Labute approximate surface area is 686 Å². The van der Waals surface area contributed by atoms with Crippen LogP contribution in [0, 0.1) is 27.7 Å². The van der Waals surface area contributed by atoms with Gasteiger partial charge in [0.05, 0.1) is 17.1 Å². The highest BCUT2D eigenvalue weighted by molar-refractivity contribution is 6.20. The van der Waals surface area contributed by atoms with Gasteiger partial charge in [-0.2, -0.15) is 0 Å². The number of hydrogen-bond acceptors (Lipinski definition) is 1. The lowest BCUT2D eigenvalue weighted by Crippen LogP contribution is -2.19. The van der Waals surface area contributed by atoms with Gasteiger partial charge in [0, 0.05) is 29.5 Å². The highest BCUT2D eigenvalue weighted by atomic mass is 15.2. The van der Waals surface area contributed by atoms with Gasteiger partial charge < -0.3 is 4.90 Å². The minimum absolute atomic E-state index is 0.620. The third kappa shape index (κ3) is 11.3. The second-order valence-corrected chi connectivity index (χ2v) is 32.3. The van der Waals surface area contributed by atoms with Crippen molar-refractivity contribution in [3.63, 3.8) is 0 Å². The summed E-state index contributed by atoms with van der Waals surface area (Å²) >= 11 is 0. The first kappa shape index (κ1) is 69.5. The maximum Gasteiger partial charge on any atom is 0.0588 e. The molecule has 1 heteroatoms. The number of benzene rings is 18. The van der Waals surface area contributed by atoms with Crippen molar-refractivity contribution in [2.75, 3.05) is 4.90 Å². The average molecular weight is 1490 g/mol. The van der Waals surface area contributed by atoms with E-state index in [-0.39, 0.29) is 0 Å². The van der Waals surface area contributed by atoms with Gasteiger partial charge in [0.25, 0.3) is 0 Å². The van der Waals surface area contributed by atoms with E-state index in [1.165, 1.54) is 228 Å². The minimum Gasteiger partial charge on any atom is -0.308 e. The van der Waals surface area contributed by atoms with E-state index in [1.807, 2.05) is 0 Å². The summed E-state index contributed by atoms with van der Waals surface area (Å²) in [5.74, 6) is 0. The molecule has 0 fully saturated rings. The summed E-state index contributed by atoms with van der Waals surface area (Å²) in [4.78, 5) is 2.86. The zero-order chi connectivity index (χ0) is 77.9. The number of anilines is 3. The third-order valence-electron chi connectivity index (χ3n) is 26.0. The molecule has 4 aliphatic carbocycles. The fourth-order valence-electron chi connectivity index (χ4n) is 20.6. The van der Waals surface area contributed by atoms with Crippen molar-refractivity contribution in [1.82, 2.24) is 0 Å². The molecule has 18 aromatic carbocycles. The Kier molecular flexibility index (Phi) is 16.9. The Balaban J connectivity index is 1.00. The topological polar surface area (TPSA) is 3.24 Å². The Morgan fingerprint density at radius 3 is 1.03 bits per heavy atom. The van der Waals surface area contributed by atoms with Crippen LogP contribution >= 0.6 is 0 Å². The Bertz CT molecular complexity index is 7050. The van der Waals surface area contributed by atoms with E-state index in [0.717, 1.165) is 41.6 Å². The van der Waals surface area contributed by atoms with E-state index in [2.05, 4.69) is 415 Å². The summed E-state index contributed by atoms with van der Waals surface area (Å²) in [5, 5.41) is 0. The van der Waals surface area contributed by atoms with Gasteiger partial charge in [-0.25, -0.2) is 0 Å². The number of para-hydroxylation sites is 1. The van der Waals surface area contributed by atoms with Crippen molar-refractivity contribution >= 4 is 17.1 Å². The fourth-order valence-corrected chi connectivity index (χ4v) is 20.6. The van der Waals surface area contributed by atoms with Gasteiger partial charge in [0.1, 0.15) is 0 Å². The molecule has 0 heterocycles. The molecule has 0 atom stereocenters. The lowest BCUT2D eigenvalue weighted by atomic mass is 9.73. The quantitative estimate of drug-likeness (QED) is 0.105. The molecule has 117 heavy (non-hydrogen) atoms. The van der Waals surface area contributed by atoms with Crippen LogP contribution in [0.3, 0.4) is 0 Å². The van der Waals surface area contributed by atoms with Gasteiger partial charge in [0.15, 0.2) is 0 Å². The second-order valence-electron chi connectivity index (χ2n) is 32.3. The van der Waals surface area contributed by atoms with Crippen LogP contribution in [-0.4, -0.2) is 0 Å². The van der Waals surface area contributed by atoms with Gasteiger partial charge >= 0.3 is 0 Å². The molecular formula is C116H83N. The molecule has 0 bridgehead atoms. The molecule has 0 aromatic heterocycles. The van der Waals surface area contributed by atoms with Crippen molar-refractivity contribution in [3.05, 3.63) is 449 Å². The van der Waals surface area contributed by atoms with Crippen LogP contribution in [0.5, 0.6) is 0 Å². The molecule has 0 N–H and O–H groups in total. The van der Waals surface area contributed by atoms with Crippen LogP contribution < -0.4 is 4.90 Å². The first-order valence-corrected chi connectivity index (χ1v) is 41.4. The van der Waals surface area contributed by atoms with Crippen molar-refractivity contribution in [3.8, 4) is 167 Å². The largest absolute Gasteiger partial charge is 0.308 e. The van der Waals surface area contributed by atoms with Crippen LogP contribution in [-0.2, 0) is 25.7 Å². The van der Waals surface area contributed by atoms with Crippen molar-refractivity contribution in [1.29, 1.82) is 0 Å². The molecule has 0 spiro atoms. The molecule has 1 nitrogen and oxygen atoms in total. The molecule has 0 radical (unpaired) electrons.